The first-order valence-electron chi connectivity index (χ1n) is 12.1. The number of aryl methyl sites for hydroxylation is 2. The van der Waals surface area contributed by atoms with Crippen LogP contribution in [0.25, 0.3) is 6.08 Å². The molecule has 9 nitrogen and oxygen atoms in total. The Hall–Kier alpha value is -3.66. The van der Waals surface area contributed by atoms with Gasteiger partial charge in [0.15, 0.2) is 5.82 Å². The number of ether oxygens (including phenoxy) is 1. The molecule has 0 unspecified atom stereocenters. The highest BCUT2D eigenvalue weighted by Crippen LogP contribution is 2.18. The Labute approximate surface area is 210 Å². The Morgan fingerprint density at radius 2 is 2.06 bits per heavy atom. The first-order chi connectivity index (χ1) is 17.4. The number of carbonyl (C=O) groups is 1. The number of rotatable bonds is 9. The van der Waals surface area contributed by atoms with Gasteiger partial charge in [-0.05, 0) is 55.3 Å². The molecule has 0 saturated carbocycles. The number of nitrogens with zero attached hydrogens (tertiary/aromatic N) is 7. The summed E-state index contributed by atoms with van der Waals surface area (Å²) in [6.07, 6.45) is 5.15. The predicted octanol–water partition coefficient (Wildman–Crippen LogP) is 2.83. The minimum Gasteiger partial charge on any atom is -0.489 e. The largest absolute Gasteiger partial charge is 0.489 e. The molecule has 2 aromatic heterocycles. The molecule has 36 heavy (non-hydrogen) atoms. The van der Waals surface area contributed by atoms with Crippen LogP contribution in [0.5, 0.6) is 5.75 Å². The van der Waals surface area contributed by atoms with Crippen LogP contribution < -0.4 is 4.74 Å². The van der Waals surface area contributed by atoms with Gasteiger partial charge in [-0.3, -0.25) is 14.7 Å². The fraction of sp³-hybridized carbons (Fsp3) is 0.423. The Bertz CT molecular complexity index is 1200. The van der Waals surface area contributed by atoms with Crippen LogP contribution in [-0.2, 0) is 17.9 Å². The fourth-order valence-electron chi connectivity index (χ4n) is 4.31. The molecule has 1 aliphatic rings. The number of hydrogen-bond acceptors (Lipinski definition) is 7. The average molecular weight is 494 g/mol. The number of halogens is 1. The summed E-state index contributed by atoms with van der Waals surface area (Å²) in [5.41, 5.74) is 4.04. The number of carbonyl (C=O) groups excluding carboxylic acids is 1. The van der Waals surface area contributed by atoms with Crippen molar-refractivity contribution in [1.82, 2.24) is 35.0 Å². The highest BCUT2D eigenvalue weighted by molar-refractivity contribution is 5.92. The molecule has 1 atom stereocenters. The van der Waals surface area contributed by atoms with E-state index in [0.29, 0.717) is 31.2 Å². The van der Waals surface area contributed by atoms with Crippen molar-refractivity contribution in [2.45, 2.75) is 39.9 Å². The molecule has 3 aromatic rings. The maximum absolute atomic E-state index is 13.0. The van der Waals surface area contributed by atoms with E-state index in [0.717, 1.165) is 35.5 Å². The molecule has 1 saturated heterocycles. The van der Waals surface area contributed by atoms with Crippen LogP contribution >= 0.6 is 0 Å². The summed E-state index contributed by atoms with van der Waals surface area (Å²) in [5.74, 6) is 1.19. The van der Waals surface area contributed by atoms with Gasteiger partial charge < -0.3 is 9.64 Å². The van der Waals surface area contributed by atoms with Crippen molar-refractivity contribution >= 4 is 12.0 Å². The first-order valence-corrected chi connectivity index (χ1v) is 12.1. The van der Waals surface area contributed by atoms with Crippen molar-refractivity contribution in [3.8, 4) is 5.75 Å². The second-order valence-electron chi connectivity index (χ2n) is 9.04. The molecular weight excluding hydrogens is 461 g/mol. The van der Waals surface area contributed by atoms with Crippen LogP contribution in [0.1, 0.15) is 35.1 Å². The summed E-state index contributed by atoms with van der Waals surface area (Å²) < 4.78 is 17.5. The molecule has 4 rings (SSSR count). The summed E-state index contributed by atoms with van der Waals surface area (Å²) in [6, 6.07) is 9.91. The molecule has 3 heterocycles. The summed E-state index contributed by atoms with van der Waals surface area (Å²) >= 11 is 0. The third kappa shape index (κ3) is 6.72. The molecule has 1 aromatic carbocycles. The van der Waals surface area contributed by atoms with Gasteiger partial charge in [0, 0.05) is 38.3 Å². The maximum Gasteiger partial charge on any atom is 0.246 e. The highest BCUT2D eigenvalue weighted by Gasteiger charge is 2.26. The lowest BCUT2D eigenvalue weighted by Gasteiger charge is -2.39. The third-order valence-corrected chi connectivity index (χ3v) is 6.09. The molecule has 0 radical (unpaired) electrons. The van der Waals surface area contributed by atoms with Crippen molar-refractivity contribution < 1.29 is 13.9 Å². The van der Waals surface area contributed by atoms with Crippen molar-refractivity contribution in [2.75, 3.05) is 32.9 Å². The zero-order valence-electron chi connectivity index (χ0n) is 21.0. The van der Waals surface area contributed by atoms with Crippen molar-refractivity contribution in [3.63, 3.8) is 0 Å². The van der Waals surface area contributed by atoms with Crippen LogP contribution in [0.4, 0.5) is 4.39 Å². The Balaban J connectivity index is 1.34. The third-order valence-electron chi connectivity index (χ3n) is 6.09. The monoisotopic (exact) mass is 493 g/mol. The Morgan fingerprint density at radius 3 is 2.75 bits per heavy atom. The van der Waals surface area contributed by atoms with E-state index < -0.39 is 6.67 Å². The molecule has 0 bridgehead atoms. The average Bonchev–Trinajstić information content (AvgIpc) is 3.27. The zero-order valence-corrected chi connectivity index (χ0v) is 21.0. The number of tetrazole rings is 1. The van der Waals surface area contributed by atoms with Crippen molar-refractivity contribution in [1.29, 1.82) is 0 Å². The molecule has 1 amide bonds. The standard InChI is InChI=1S/C26H32FN7O2/c1-19-4-5-22(23(14-19)17-34-30-21(3)29-31-34)6-9-26(35)33-12-11-32(16-20(33)2)18-24-7-8-25(15-28-24)36-13-10-27/h4-9,14-15,20H,10-13,16-18H2,1-3H3/b9-6+/t20-/m1/s1. The first kappa shape index (κ1) is 25.4. The van der Waals surface area contributed by atoms with E-state index in [2.05, 4.69) is 38.3 Å². The van der Waals surface area contributed by atoms with E-state index in [1.807, 2.05) is 42.2 Å². The predicted molar refractivity (Wildman–Crippen MR) is 134 cm³/mol. The lowest BCUT2D eigenvalue weighted by atomic mass is 10.0. The van der Waals surface area contributed by atoms with Crippen molar-refractivity contribution in [2.24, 2.45) is 0 Å². The number of amides is 1. The normalized spacial score (nSPS) is 16.6. The smallest absolute Gasteiger partial charge is 0.246 e. The van der Waals surface area contributed by atoms with E-state index >= 15 is 0 Å². The SMILES string of the molecule is Cc1ccc(/C=C/C(=O)N2CCN(Cc3ccc(OCCF)cn3)C[C@H]2C)c(Cn2nnc(C)n2)c1. The summed E-state index contributed by atoms with van der Waals surface area (Å²) in [6.45, 7) is 8.76. The molecule has 1 fully saturated rings. The summed E-state index contributed by atoms with van der Waals surface area (Å²) in [5, 5.41) is 12.3. The Morgan fingerprint density at radius 1 is 1.19 bits per heavy atom. The van der Waals surface area contributed by atoms with Crippen LogP contribution in [0.15, 0.2) is 42.6 Å². The minimum absolute atomic E-state index is 0.00381. The van der Waals surface area contributed by atoms with Crippen molar-refractivity contribution in [3.05, 3.63) is 70.8 Å². The highest BCUT2D eigenvalue weighted by atomic mass is 19.1. The number of benzene rings is 1. The van der Waals surface area contributed by atoms with E-state index in [1.165, 1.54) is 0 Å². The van der Waals surface area contributed by atoms with E-state index in [1.54, 1.807) is 24.0 Å². The summed E-state index contributed by atoms with van der Waals surface area (Å²) in [4.78, 5) is 23.2. The van der Waals surface area contributed by atoms with Crippen LogP contribution in [-0.4, -0.2) is 79.9 Å². The molecule has 0 aliphatic carbocycles. The van der Waals surface area contributed by atoms with Crippen LogP contribution in [0, 0.1) is 13.8 Å². The van der Waals surface area contributed by atoms with Gasteiger partial charge in [0.2, 0.25) is 5.91 Å². The van der Waals surface area contributed by atoms with Gasteiger partial charge >= 0.3 is 0 Å². The number of alkyl halides is 1. The van der Waals surface area contributed by atoms with E-state index in [-0.39, 0.29) is 18.6 Å². The maximum atomic E-state index is 13.0. The van der Waals surface area contributed by atoms with E-state index in [4.69, 9.17) is 4.74 Å². The zero-order chi connectivity index (χ0) is 25.5. The number of piperazine rings is 1. The molecule has 10 heteroatoms. The van der Waals surface area contributed by atoms with Gasteiger partial charge in [0.1, 0.15) is 19.0 Å². The Kier molecular flexibility index (Phi) is 8.37. The van der Waals surface area contributed by atoms with Gasteiger partial charge in [-0.2, -0.15) is 4.80 Å². The molecule has 0 spiro atoms. The lowest BCUT2D eigenvalue weighted by molar-refractivity contribution is -0.130. The van der Waals surface area contributed by atoms with E-state index in [9.17, 15) is 9.18 Å². The molecule has 0 N–H and O–H groups in total. The van der Waals surface area contributed by atoms with Gasteiger partial charge in [-0.1, -0.05) is 23.8 Å². The topological polar surface area (TPSA) is 89.3 Å². The molecule has 1 aliphatic heterocycles. The minimum atomic E-state index is -0.524. The second-order valence-corrected chi connectivity index (χ2v) is 9.04. The van der Waals surface area contributed by atoms with Crippen LogP contribution in [0.2, 0.25) is 0 Å². The molecular formula is C26H32FN7O2. The van der Waals surface area contributed by atoms with Gasteiger partial charge in [-0.15, -0.1) is 10.2 Å². The van der Waals surface area contributed by atoms with Gasteiger partial charge in [-0.25, -0.2) is 4.39 Å². The summed E-state index contributed by atoms with van der Waals surface area (Å²) in [7, 11) is 0. The quantitative estimate of drug-likeness (QED) is 0.424. The number of pyridine rings is 1. The van der Waals surface area contributed by atoms with Gasteiger partial charge in [0.25, 0.3) is 0 Å². The molecule has 190 valence electrons. The number of aromatic nitrogens is 5. The fourth-order valence-corrected chi connectivity index (χ4v) is 4.31. The second kappa shape index (κ2) is 11.9. The van der Waals surface area contributed by atoms with Crippen LogP contribution in [0.3, 0.4) is 0 Å². The van der Waals surface area contributed by atoms with Gasteiger partial charge in [0.05, 0.1) is 18.4 Å². The lowest BCUT2D eigenvalue weighted by Crippen LogP contribution is -2.53. The number of hydrogen-bond donors (Lipinski definition) is 0.